The average molecular weight is 315 g/mol. The third-order valence-corrected chi connectivity index (χ3v) is 3.61. The maximum Gasteiger partial charge on any atom is 0.305 e. The van der Waals surface area contributed by atoms with Gasteiger partial charge in [0.05, 0.1) is 12.1 Å². The summed E-state index contributed by atoms with van der Waals surface area (Å²) in [6.07, 6.45) is -0.0805. The van der Waals surface area contributed by atoms with Crippen molar-refractivity contribution in [3.8, 4) is 11.3 Å². The summed E-state index contributed by atoms with van der Waals surface area (Å²) in [4.78, 5) is 24.8. The van der Waals surface area contributed by atoms with E-state index in [1.807, 2.05) is 45.0 Å². The summed E-state index contributed by atoms with van der Waals surface area (Å²) in [7, 11) is 0. The molecule has 0 bridgehead atoms. The number of nitrogens with one attached hydrogen (secondary N) is 1. The molecule has 122 valence electrons. The van der Waals surface area contributed by atoms with Gasteiger partial charge in [-0.3, -0.25) is 14.7 Å². The van der Waals surface area contributed by atoms with Gasteiger partial charge in [0.2, 0.25) is 0 Å². The van der Waals surface area contributed by atoms with E-state index in [-0.39, 0.29) is 24.9 Å². The van der Waals surface area contributed by atoms with Crippen molar-refractivity contribution in [2.24, 2.45) is 0 Å². The van der Waals surface area contributed by atoms with Crippen molar-refractivity contribution in [2.45, 2.75) is 33.2 Å². The molecule has 6 heteroatoms. The lowest BCUT2D eigenvalue weighted by Crippen LogP contribution is -2.38. The summed E-state index contributed by atoms with van der Waals surface area (Å²) < 4.78 is 0. The third-order valence-electron chi connectivity index (χ3n) is 3.61. The molecule has 0 spiro atoms. The van der Waals surface area contributed by atoms with E-state index in [1.165, 1.54) is 4.90 Å². The van der Waals surface area contributed by atoms with Gasteiger partial charge in [0.25, 0.3) is 5.91 Å². The van der Waals surface area contributed by atoms with Gasteiger partial charge in [-0.1, -0.05) is 29.8 Å². The highest BCUT2D eigenvalue weighted by atomic mass is 16.4. The first-order chi connectivity index (χ1) is 10.9. The molecule has 0 atom stereocenters. The highest BCUT2D eigenvalue weighted by Gasteiger charge is 2.21. The van der Waals surface area contributed by atoms with Crippen LogP contribution in [0.5, 0.6) is 0 Å². The minimum atomic E-state index is -0.923. The second-order valence-corrected chi connectivity index (χ2v) is 5.77. The molecule has 0 aliphatic rings. The summed E-state index contributed by atoms with van der Waals surface area (Å²) in [5.41, 5.74) is 3.13. The second-order valence-electron chi connectivity index (χ2n) is 5.77. The van der Waals surface area contributed by atoms with Gasteiger partial charge in [-0.25, -0.2) is 0 Å². The molecule has 23 heavy (non-hydrogen) atoms. The van der Waals surface area contributed by atoms with Crippen LogP contribution < -0.4 is 0 Å². The summed E-state index contributed by atoms with van der Waals surface area (Å²) in [5, 5.41) is 15.8. The first-order valence-electron chi connectivity index (χ1n) is 7.53. The van der Waals surface area contributed by atoms with Gasteiger partial charge in [-0.05, 0) is 26.8 Å². The maximum atomic E-state index is 12.6. The standard InChI is InChI=1S/C17H21N3O3/c1-11(2)20(9-8-16(21)22)17(23)15-10-14(18-19-15)13-6-4-12(3)5-7-13/h4-7,10-11H,8-9H2,1-3H3,(H,18,19)(H,21,22). The Bertz CT molecular complexity index is 689. The number of carbonyl (C=O) groups excluding carboxylic acids is 1. The quantitative estimate of drug-likeness (QED) is 0.858. The van der Waals surface area contributed by atoms with E-state index in [1.54, 1.807) is 6.07 Å². The van der Waals surface area contributed by atoms with Crippen LogP contribution in [0.1, 0.15) is 36.3 Å². The van der Waals surface area contributed by atoms with Crippen molar-refractivity contribution in [2.75, 3.05) is 6.54 Å². The van der Waals surface area contributed by atoms with E-state index < -0.39 is 5.97 Å². The number of carboxylic acids is 1. The van der Waals surface area contributed by atoms with Crippen molar-refractivity contribution < 1.29 is 14.7 Å². The van der Waals surface area contributed by atoms with Crippen molar-refractivity contribution in [3.05, 3.63) is 41.6 Å². The zero-order valence-electron chi connectivity index (χ0n) is 13.5. The van der Waals surface area contributed by atoms with Gasteiger partial charge in [-0.15, -0.1) is 0 Å². The number of carbonyl (C=O) groups is 2. The van der Waals surface area contributed by atoms with Gasteiger partial charge in [0.15, 0.2) is 0 Å². The first kappa shape index (κ1) is 16.7. The Morgan fingerprint density at radius 2 is 1.91 bits per heavy atom. The Morgan fingerprint density at radius 3 is 2.48 bits per heavy atom. The molecule has 0 saturated carbocycles. The molecule has 1 aromatic heterocycles. The fraction of sp³-hybridized carbons (Fsp3) is 0.353. The normalized spacial score (nSPS) is 10.8. The molecule has 1 amide bonds. The molecule has 0 radical (unpaired) electrons. The molecule has 2 aromatic rings. The number of carboxylic acid groups (broad SMARTS) is 1. The van der Waals surface area contributed by atoms with E-state index in [0.29, 0.717) is 11.4 Å². The smallest absolute Gasteiger partial charge is 0.305 e. The Hall–Kier alpha value is -2.63. The van der Waals surface area contributed by atoms with Crippen LogP contribution in [-0.2, 0) is 4.79 Å². The van der Waals surface area contributed by atoms with Crippen LogP contribution in [0.3, 0.4) is 0 Å². The van der Waals surface area contributed by atoms with E-state index in [0.717, 1.165) is 11.1 Å². The van der Waals surface area contributed by atoms with Crippen molar-refractivity contribution in [1.82, 2.24) is 15.1 Å². The lowest BCUT2D eigenvalue weighted by atomic mass is 10.1. The van der Waals surface area contributed by atoms with Crippen molar-refractivity contribution in [3.63, 3.8) is 0 Å². The number of aromatic amines is 1. The molecule has 0 saturated heterocycles. The molecule has 1 aromatic carbocycles. The van der Waals surface area contributed by atoms with Crippen LogP contribution in [0.2, 0.25) is 0 Å². The number of aliphatic carboxylic acids is 1. The number of amides is 1. The molecule has 2 N–H and O–H groups in total. The summed E-state index contributed by atoms with van der Waals surface area (Å²) in [5.74, 6) is -1.17. The zero-order valence-corrected chi connectivity index (χ0v) is 13.5. The van der Waals surface area contributed by atoms with Gasteiger partial charge < -0.3 is 10.0 Å². The molecule has 1 heterocycles. The topological polar surface area (TPSA) is 86.3 Å². The SMILES string of the molecule is Cc1ccc(-c2cc(C(=O)N(CCC(=O)O)C(C)C)[nH]n2)cc1. The fourth-order valence-corrected chi connectivity index (χ4v) is 2.27. The van der Waals surface area contributed by atoms with Gasteiger partial charge in [0.1, 0.15) is 5.69 Å². The van der Waals surface area contributed by atoms with Crippen LogP contribution in [0.15, 0.2) is 30.3 Å². The Labute approximate surface area is 135 Å². The number of aromatic nitrogens is 2. The Kier molecular flexibility index (Phi) is 5.16. The highest BCUT2D eigenvalue weighted by Crippen LogP contribution is 2.19. The van der Waals surface area contributed by atoms with Crippen LogP contribution in [-0.4, -0.2) is 44.7 Å². The van der Waals surface area contributed by atoms with Crippen molar-refractivity contribution in [1.29, 1.82) is 0 Å². The van der Waals surface area contributed by atoms with Crippen LogP contribution in [0, 0.1) is 6.92 Å². The second kappa shape index (κ2) is 7.09. The van der Waals surface area contributed by atoms with Crippen molar-refractivity contribution >= 4 is 11.9 Å². The van der Waals surface area contributed by atoms with Crippen LogP contribution >= 0.6 is 0 Å². The summed E-state index contributed by atoms with van der Waals surface area (Å²) >= 11 is 0. The molecule has 0 aliphatic heterocycles. The van der Waals surface area contributed by atoms with Crippen LogP contribution in [0.4, 0.5) is 0 Å². The van der Waals surface area contributed by atoms with Gasteiger partial charge in [0, 0.05) is 18.2 Å². The average Bonchev–Trinajstić information content (AvgIpc) is 2.97. The Morgan fingerprint density at radius 1 is 1.26 bits per heavy atom. The number of aryl methyl sites for hydroxylation is 1. The van der Waals surface area contributed by atoms with Gasteiger partial charge in [-0.2, -0.15) is 5.10 Å². The third kappa shape index (κ3) is 4.18. The number of rotatable bonds is 6. The van der Waals surface area contributed by atoms with E-state index in [9.17, 15) is 9.59 Å². The van der Waals surface area contributed by atoms with E-state index in [2.05, 4.69) is 10.2 Å². The lowest BCUT2D eigenvalue weighted by Gasteiger charge is -2.25. The minimum absolute atomic E-state index is 0.0805. The maximum absolute atomic E-state index is 12.6. The molecular weight excluding hydrogens is 294 g/mol. The van der Waals surface area contributed by atoms with E-state index >= 15 is 0 Å². The van der Waals surface area contributed by atoms with Crippen LogP contribution in [0.25, 0.3) is 11.3 Å². The monoisotopic (exact) mass is 315 g/mol. The Balaban J connectivity index is 2.18. The number of benzene rings is 1. The van der Waals surface area contributed by atoms with Gasteiger partial charge >= 0.3 is 5.97 Å². The van der Waals surface area contributed by atoms with E-state index in [4.69, 9.17) is 5.11 Å². The number of hydrogen-bond donors (Lipinski definition) is 2. The number of hydrogen-bond acceptors (Lipinski definition) is 3. The first-order valence-corrected chi connectivity index (χ1v) is 7.53. The largest absolute Gasteiger partial charge is 0.481 e. The predicted molar refractivity (Wildman–Crippen MR) is 87.2 cm³/mol. The highest BCUT2D eigenvalue weighted by molar-refractivity contribution is 5.93. The number of nitrogens with zero attached hydrogens (tertiary/aromatic N) is 2. The predicted octanol–water partition coefficient (Wildman–Crippen LogP) is 2.71. The summed E-state index contributed by atoms with van der Waals surface area (Å²) in [6, 6.07) is 9.48. The lowest BCUT2D eigenvalue weighted by molar-refractivity contribution is -0.137. The molecule has 2 rings (SSSR count). The fourth-order valence-electron chi connectivity index (χ4n) is 2.27. The molecule has 0 fully saturated rings. The molecule has 0 unspecified atom stereocenters. The minimum Gasteiger partial charge on any atom is -0.481 e. The zero-order chi connectivity index (χ0) is 17.0. The molecule has 0 aliphatic carbocycles. The number of H-pyrrole nitrogens is 1. The molecule has 6 nitrogen and oxygen atoms in total. The summed E-state index contributed by atoms with van der Waals surface area (Å²) in [6.45, 7) is 5.89. The molecular formula is C17H21N3O3.